The number of alkyl halides is 3. The lowest BCUT2D eigenvalue weighted by Gasteiger charge is -2.17. The summed E-state index contributed by atoms with van der Waals surface area (Å²) in [5.74, 6) is -3.47. The van der Waals surface area contributed by atoms with Gasteiger partial charge in [-0.1, -0.05) is 0 Å². The molecule has 0 spiro atoms. The number of aliphatic hydroxyl groups is 2. The van der Waals surface area contributed by atoms with Gasteiger partial charge in [-0.25, -0.2) is 19.7 Å². The van der Waals surface area contributed by atoms with Gasteiger partial charge in [0.25, 0.3) is 0 Å². The fourth-order valence-electron chi connectivity index (χ4n) is 3.64. The van der Waals surface area contributed by atoms with Gasteiger partial charge in [0.1, 0.15) is 53.7 Å². The number of aromatic nitrogens is 4. The van der Waals surface area contributed by atoms with Crippen LogP contribution < -0.4 is 27.2 Å². The molecular weight excluding hydrogens is 581 g/mol. The van der Waals surface area contributed by atoms with Crippen molar-refractivity contribution in [1.82, 2.24) is 30.2 Å². The fraction of sp³-hybridized carbons (Fsp3) is 0.619. The smallest absolute Gasteiger partial charge is 0.430 e. The van der Waals surface area contributed by atoms with E-state index in [2.05, 4.69) is 25.6 Å². The molecule has 0 aromatic carbocycles. The number of carboxylic acids is 2. The van der Waals surface area contributed by atoms with Gasteiger partial charge in [-0.05, 0) is 10.9 Å². The number of aliphatic carboxylic acids is 2. The molecule has 41 heavy (non-hydrogen) atoms. The summed E-state index contributed by atoms with van der Waals surface area (Å²) in [6, 6.07) is -1.03. The van der Waals surface area contributed by atoms with E-state index in [4.69, 9.17) is 26.1 Å². The highest BCUT2D eigenvalue weighted by Crippen LogP contribution is 2.32. The van der Waals surface area contributed by atoms with Gasteiger partial charge in [-0.3, -0.25) is 9.36 Å². The minimum atomic E-state index is -5.19. The number of rotatable bonds is 12. The number of halogens is 3. The zero-order chi connectivity index (χ0) is 30.9. The standard InChI is InChI=1S/C19H30N8O6S.C2HF3O2/c1-34(5-2-10(19(31)32)26-12(28)6-22-4-3-20)7-11-14(29)15(30)18(33-11)27-9-25-13-16(21)23-8-24-17(13)27;3-2(4,5)1(6)7/h8-11,14-15,18,22,29-30H,2-7,20H2,1H3,(H3-,21,23,24,26,28,31,32);(H,6,7)/t10-,11+,14+,15+,18+,34?;/m0./s1. The third kappa shape index (κ3) is 9.64. The zero-order valence-corrected chi connectivity index (χ0v) is 22.5. The Morgan fingerprint density at radius 3 is 2.49 bits per heavy atom. The Bertz CT molecular complexity index is 1190. The van der Waals surface area contributed by atoms with Crippen molar-refractivity contribution in [1.29, 1.82) is 0 Å². The number of nitrogens with zero attached hydrogens (tertiary/aromatic N) is 4. The first-order chi connectivity index (χ1) is 19.2. The molecule has 1 aliphatic heterocycles. The number of ether oxygens (including phenoxy) is 1. The maximum atomic E-state index is 11.9. The van der Waals surface area contributed by atoms with E-state index in [-0.39, 0.29) is 29.7 Å². The predicted octanol–water partition coefficient (Wildman–Crippen LogP) is -3.92. The second kappa shape index (κ2) is 15.1. The Morgan fingerprint density at radius 2 is 1.90 bits per heavy atom. The number of hydrogen-bond donors (Lipinski definition) is 7. The second-order valence-electron chi connectivity index (χ2n) is 8.78. The van der Waals surface area contributed by atoms with E-state index < -0.39 is 54.6 Å². The van der Waals surface area contributed by atoms with Crippen LogP contribution in [0.2, 0.25) is 0 Å². The molecule has 20 heteroatoms. The third-order valence-electron chi connectivity index (χ3n) is 5.67. The van der Waals surface area contributed by atoms with Gasteiger partial charge in [-0.2, -0.15) is 13.2 Å². The number of amides is 1. The quantitative estimate of drug-likeness (QED) is 0.0892. The highest BCUT2D eigenvalue weighted by atomic mass is 32.2. The van der Waals surface area contributed by atoms with Crippen LogP contribution in [0.4, 0.5) is 19.0 Å². The van der Waals surface area contributed by atoms with Crippen molar-refractivity contribution in [3.63, 3.8) is 0 Å². The normalized spacial score (nSPS) is 22.0. The van der Waals surface area contributed by atoms with Gasteiger partial charge in [0.2, 0.25) is 5.91 Å². The van der Waals surface area contributed by atoms with Crippen LogP contribution in [-0.4, -0.2) is 121 Å². The molecule has 1 fully saturated rings. The number of carboxylic acid groups (broad SMARTS) is 2. The van der Waals surface area contributed by atoms with Crippen LogP contribution in [0.25, 0.3) is 11.2 Å². The van der Waals surface area contributed by atoms with Crippen LogP contribution in [0, 0.1) is 0 Å². The number of anilines is 1. The molecule has 0 aliphatic carbocycles. The first-order valence-corrected chi connectivity index (χ1v) is 13.9. The zero-order valence-electron chi connectivity index (χ0n) is 21.7. The molecule has 1 saturated heterocycles. The molecule has 230 valence electrons. The maximum absolute atomic E-state index is 11.9. The van der Waals surface area contributed by atoms with Crippen LogP contribution in [0.1, 0.15) is 12.6 Å². The average Bonchev–Trinajstić information content (AvgIpc) is 3.43. The number of imidazole rings is 1. The summed E-state index contributed by atoms with van der Waals surface area (Å²) in [7, 11) is -0.360. The maximum Gasteiger partial charge on any atom is 0.430 e. The Kier molecular flexibility index (Phi) is 12.5. The molecule has 2 aromatic rings. The van der Waals surface area contributed by atoms with Gasteiger partial charge in [0.05, 0.1) is 19.1 Å². The lowest BCUT2D eigenvalue weighted by atomic mass is 10.1. The van der Waals surface area contributed by atoms with E-state index in [1.165, 1.54) is 17.2 Å². The number of carbonyl (C=O) groups is 3. The SMILES string of the molecule is C[S+](CC[C@H](NC(=O)CNCCN)C(=O)O)C[C@H]1O[C@@H](n2cnc3c(N)ncnc32)[C@H](O)[C@@H]1O.O=C([O-])C(F)(F)F. The molecule has 0 saturated carbocycles. The van der Waals surface area contributed by atoms with Crippen LogP contribution in [0.5, 0.6) is 0 Å². The summed E-state index contributed by atoms with van der Waals surface area (Å²) < 4.78 is 39.0. The van der Waals surface area contributed by atoms with Crippen molar-refractivity contribution in [3.05, 3.63) is 12.7 Å². The van der Waals surface area contributed by atoms with E-state index in [0.29, 0.717) is 35.8 Å². The molecule has 1 aliphatic rings. The van der Waals surface area contributed by atoms with Crippen molar-refractivity contribution in [2.75, 3.05) is 43.1 Å². The van der Waals surface area contributed by atoms with Crippen molar-refractivity contribution < 1.29 is 52.7 Å². The molecule has 3 heterocycles. The Hall–Kier alpha value is -3.30. The minimum Gasteiger partial charge on any atom is -0.542 e. The van der Waals surface area contributed by atoms with Gasteiger partial charge < -0.3 is 52.1 Å². The first kappa shape index (κ1) is 33.9. The predicted molar refractivity (Wildman–Crippen MR) is 136 cm³/mol. The van der Waals surface area contributed by atoms with Crippen molar-refractivity contribution >= 4 is 45.7 Å². The lowest BCUT2D eigenvalue weighted by Crippen LogP contribution is -2.46. The van der Waals surface area contributed by atoms with Crippen LogP contribution in [-0.2, 0) is 30.0 Å². The molecule has 6 atom stereocenters. The first-order valence-electron chi connectivity index (χ1n) is 11.9. The van der Waals surface area contributed by atoms with Crippen molar-refractivity contribution in [3.8, 4) is 0 Å². The second-order valence-corrected chi connectivity index (χ2v) is 11.1. The Labute approximate surface area is 233 Å². The van der Waals surface area contributed by atoms with Gasteiger partial charge in [-0.15, -0.1) is 0 Å². The monoisotopic (exact) mass is 612 g/mol. The number of nitrogens with two attached hydrogens (primary N) is 2. The summed E-state index contributed by atoms with van der Waals surface area (Å²) in [6.07, 6.45) is -4.32. The molecule has 1 unspecified atom stereocenters. The van der Waals surface area contributed by atoms with Crippen molar-refractivity contribution in [2.24, 2.45) is 5.73 Å². The number of carbonyl (C=O) groups excluding carboxylic acids is 2. The van der Waals surface area contributed by atoms with Gasteiger partial charge >= 0.3 is 12.1 Å². The number of nitrogens with one attached hydrogen (secondary N) is 2. The summed E-state index contributed by atoms with van der Waals surface area (Å²) in [5, 5.41) is 44.7. The molecule has 9 N–H and O–H groups in total. The lowest BCUT2D eigenvalue weighted by molar-refractivity contribution is -0.344. The van der Waals surface area contributed by atoms with Crippen LogP contribution in [0.3, 0.4) is 0 Å². The average molecular weight is 613 g/mol. The molecule has 3 rings (SSSR count). The molecule has 16 nitrogen and oxygen atoms in total. The highest BCUT2D eigenvalue weighted by molar-refractivity contribution is 7.96. The van der Waals surface area contributed by atoms with E-state index >= 15 is 0 Å². The molecule has 1 amide bonds. The topological polar surface area (TPSA) is 264 Å². The largest absolute Gasteiger partial charge is 0.542 e. The fourth-order valence-corrected chi connectivity index (χ4v) is 5.28. The van der Waals surface area contributed by atoms with E-state index in [0.717, 1.165) is 0 Å². The molecule has 0 bridgehead atoms. The highest BCUT2D eigenvalue weighted by Gasteiger charge is 2.46. The molecule has 2 aromatic heterocycles. The number of hydrogen-bond acceptors (Lipinski definition) is 13. The van der Waals surface area contributed by atoms with E-state index in [9.17, 15) is 38.1 Å². The summed E-state index contributed by atoms with van der Waals surface area (Å²) in [4.78, 5) is 44.4. The van der Waals surface area contributed by atoms with Crippen LogP contribution in [0.15, 0.2) is 12.7 Å². The van der Waals surface area contributed by atoms with Crippen LogP contribution >= 0.6 is 0 Å². The Morgan fingerprint density at radius 1 is 1.24 bits per heavy atom. The van der Waals surface area contributed by atoms with E-state index in [1.807, 2.05) is 6.26 Å². The molecule has 0 radical (unpaired) electrons. The van der Waals surface area contributed by atoms with Crippen molar-refractivity contribution in [2.45, 2.75) is 43.2 Å². The summed E-state index contributed by atoms with van der Waals surface area (Å²) in [6.45, 7) is 0.812. The number of fused-ring (bicyclic) bond motifs is 1. The number of aliphatic hydroxyl groups excluding tert-OH is 2. The number of nitrogen functional groups attached to an aromatic ring is 1. The third-order valence-corrected chi connectivity index (χ3v) is 7.50. The summed E-state index contributed by atoms with van der Waals surface area (Å²) >= 11 is 0. The Balaban J connectivity index is 0.000000745. The molecular formula is C21H31F3N8O8S. The summed E-state index contributed by atoms with van der Waals surface area (Å²) in [5.41, 5.74) is 11.9. The minimum absolute atomic E-state index is 0.0142. The van der Waals surface area contributed by atoms with Gasteiger partial charge in [0.15, 0.2) is 17.7 Å². The van der Waals surface area contributed by atoms with Gasteiger partial charge in [0, 0.05) is 19.5 Å². The van der Waals surface area contributed by atoms with E-state index in [1.54, 1.807) is 0 Å².